The van der Waals surface area contributed by atoms with E-state index in [1.807, 2.05) is 5.38 Å². The van der Waals surface area contributed by atoms with E-state index in [1.54, 1.807) is 44.8 Å². The molecule has 1 amide bonds. The van der Waals surface area contributed by atoms with Gasteiger partial charge in [0.1, 0.15) is 34.8 Å². The summed E-state index contributed by atoms with van der Waals surface area (Å²) in [6, 6.07) is 4.65. The first kappa shape index (κ1) is 24.2. The number of benzene rings is 1. The topological polar surface area (TPSA) is 137 Å². The van der Waals surface area contributed by atoms with Gasteiger partial charge in [0.2, 0.25) is 0 Å². The number of rotatable bonds is 7. The Balaban J connectivity index is 1.64. The van der Waals surface area contributed by atoms with Gasteiger partial charge in [-0.25, -0.2) is 10.8 Å². The summed E-state index contributed by atoms with van der Waals surface area (Å²) in [6.07, 6.45) is 2.07. The normalized spacial score (nSPS) is 27.3. The molecule has 2 aliphatic rings. The van der Waals surface area contributed by atoms with Gasteiger partial charge >= 0.3 is 0 Å². The molecule has 33 heavy (non-hydrogen) atoms. The number of carbonyl (C=O) groups excluding carboxylic acids is 1. The number of hydrazine groups is 1. The van der Waals surface area contributed by atoms with Crippen LogP contribution in [0.2, 0.25) is 5.02 Å². The van der Waals surface area contributed by atoms with Crippen molar-refractivity contribution in [2.24, 2.45) is 11.6 Å². The van der Waals surface area contributed by atoms with Crippen LogP contribution in [0.3, 0.4) is 0 Å². The van der Waals surface area contributed by atoms with Crippen molar-refractivity contribution in [2.45, 2.75) is 34.7 Å². The van der Waals surface area contributed by atoms with E-state index in [2.05, 4.69) is 15.8 Å². The van der Waals surface area contributed by atoms with E-state index < -0.39 is 23.7 Å². The van der Waals surface area contributed by atoms with Gasteiger partial charge in [-0.1, -0.05) is 23.4 Å². The molecule has 2 aliphatic heterocycles. The lowest BCUT2D eigenvalue weighted by molar-refractivity contribution is -0.172. The fraction of sp³-hybridized carbons (Fsp3) is 0.400. The molecular weight excluding hydrogens is 488 g/mol. The van der Waals surface area contributed by atoms with Gasteiger partial charge in [0.15, 0.2) is 0 Å². The molecule has 13 heteroatoms. The number of nitrogens with zero attached hydrogens (tertiary/aromatic N) is 2. The van der Waals surface area contributed by atoms with Crippen LogP contribution in [0.1, 0.15) is 15.4 Å². The summed E-state index contributed by atoms with van der Waals surface area (Å²) in [7, 11) is 3.16. The zero-order valence-corrected chi connectivity index (χ0v) is 20.3. The minimum Gasteiger partial charge on any atom is -0.395 e. The van der Waals surface area contributed by atoms with E-state index >= 15 is 0 Å². The number of hydroxylamine groups is 1. The van der Waals surface area contributed by atoms with E-state index in [1.165, 1.54) is 28.1 Å². The summed E-state index contributed by atoms with van der Waals surface area (Å²) in [4.78, 5) is 23.0. The Bertz CT molecular complexity index is 1010. The third kappa shape index (κ3) is 5.12. The van der Waals surface area contributed by atoms with Crippen molar-refractivity contribution in [3.63, 3.8) is 0 Å². The van der Waals surface area contributed by atoms with Crippen LogP contribution in [-0.2, 0) is 14.3 Å². The molecule has 2 fully saturated rings. The first-order valence-electron chi connectivity index (χ1n) is 10.1. The monoisotopic (exact) mass is 512 g/mol. The van der Waals surface area contributed by atoms with Gasteiger partial charge in [0.25, 0.3) is 5.91 Å². The Kier molecular flexibility index (Phi) is 7.76. The molecular formula is C20H25ClN6O4S2. The molecule has 5 unspecified atom stereocenters. The fourth-order valence-corrected chi connectivity index (χ4v) is 5.96. The number of ether oxygens (including phenoxy) is 2. The zero-order chi connectivity index (χ0) is 23.5. The first-order chi connectivity index (χ1) is 15.9. The van der Waals surface area contributed by atoms with Crippen LogP contribution in [0.15, 0.2) is 40.9 Å². The maximum Gasteiger partial charge on any atom is 0.252 e. The molecule has 2 aromatic rings. The van der Waals surface area contributed by atoms with E-state index in [0.717, 1.165) is 0 Å². The van der Waals surface area contributed by atoms with Gasteiger partial charge in [0, 0.05) is 41.9 Å². The van der Waals surface area contributed by atoms with Crippen LogP contribution in [0.4, 0.5) is 0 Å². The second-order valence-electron chi connectivity index (χ2n) is 7.37. The number of aromatic nitrogens is 1. The molecule has 2 saturated heterocycles. The SMILES string of the molecule is CNC(=O)c1ccc(Cl)cc1SC1OC2CNOC2C(N(N)/C=C(\N)c2nccs2)C1OC. The standard InChI is InChI=1S/C20H25ClN6O4S2/c1-24-18(28)11-4-3-10(21)7-14(11)33-20-17(29-2)15(16-13(30-20)8-26-31-16)27(23)9-12(22)19-25-5-6-32-19/h3-7,9,13,15-17,20,26H,8,22-23H2,1-2H3,(H,24,28)/b12-9-. The Morgan fingerprint density at radius 1 is 1.52 bits per heavy atom. The number of hydrogen-bond donors (Lipinski definition) is 4. The van der Waals surface area contributed by atoms with Crippen LogP contribution in [-0.4, -0.2) is 66.4 Å². The summed E-state index contributed by atoms with van der Waals surface area (Å²) < 4.78 is 12.2. The summed E-state index contributed by atoms with van der Waals surface area (Å²) in [6.45, 7) is 0.478. The quantitative estimate of drug-likeness (QED) is 0.318. The van der Waals surface area contributed by atoms with Crippen LogP contribution in [0, 0.1) is 0 Å². The highest BCUT2D eigenvalue weighted by atomic mass is 35.5. The molecule has 178 valence electrons. The number of nitrogens with two attached hydrogens (primary N) is 2. The van der Waals surface area contributed by atoms with E-state index in [-0.39, 0.29) is 12.0 Å². The van der Waals surface area contributed by atoms with Crippen LogP contribution >= 0.6 is 34.7 Å². The van der Waals surface area contributed by atoms with Crippen molar-refractivity contribution in [1.29, 1.82) is 0 Å². The molecule has 3 heterocycles. The molecule has 4 rings (SSSR count). The number of hydrogen-bond acceptors (Lipinski definition) is 11. The predicted octanol–water partition coefficient (Wildman–Crippen LogP) is 1.39. The van der Waals surface area contributed by atoms with Gasteiger partial charge in [-0.3, -0.25) is 9.63 Å². The number of nitrogens with one attached hydrogen (secondary N) is 2. The average molecular weight is 513 g/mol. The van der Waals surface area contributed by atoms with E-state index in [9.17, 15) is 4.79 Å². The van der Waals surface area contributed by atoms with Crippen molar-refractivity contribution in [3.05, 3.63) is 51.6 Å². The molecule has 6 N–H and O–H groups in total. The Labute approximate surface area is 204 Å². The summed E-state index contributed by atoms with van der Waals surface area (Å²) in [5.41, 5.74) is 9.51. The molecule has 1 aromatic heterocycles. The van der Waals surface area contributed by atoms with E-state index in [0.29, 0.717) is 32.7 Å². The molecule has 0 bridgehead atoms. The third-order valence-corrected chi connectivity index (χ3v) is 7.62. The second-order valence-corrected chi connectivity index (χ2v) is 9.84. The number of carbonyl (C=O) groups is 1. The van der Waals surface area contributed by atoms with Gasteiger partial charge in [-0.05, 0) is 18.2 Å². The van der Waals surface area contributed by atoms with Crippen LogP contribution < -0.4 is 22.4 Å². The number of thioether (sulfide) groups is 1. The molecule has 0 spiro atoms. The smallest absolute Gasteiger partial charge is 0.252 e. The fourth-order valence-electron chi connectivity index (χ4n) is 3.83. The third-order valence-electron chi connectivity index (χ3n) is 5.36. The maximum absolute atomic E-state index is 12.4. The Morgan fingerprint density at radius 3 is 3.03 bits per heavy atom. The largest absolute Gasteiger partial charge is 0.395 e. The van der Waals surface area contributed by atoms with Gasteiger partial charge in [0.05, 0.1) is 17.8 Å². The Hall–Kier alpha value is -1.90. The number of amides is 1. The minimum absolute atomic E-state index is 0.223. The van der Waals surface area contributed by atoms with E-state index in [4.69, 9.17) is 37.5 Å². The number of methoxy groups -OCH3 is 1. The summed E-state index contributed by atoms with van der Waals surface area (Å²) in [5, 5.41) is 7.15. The molecule has 0 radical (unpaired) electrons. The predicted molar refractivity (Wildman–Crippen MR) is 127 cm³/mol. The lowest BCUT2D eigenvalue weighted by Crippen LogP contribution is -2.63. The molecule has 1 aromatic carbocycles. The van der Waals surface area contributed by atoms with Crippen molar-refractivity contribution in [3.8, 4) is 0 Å². The van der Waals surface area contributed by atoms with Gasteiger partial charge in [-0.2, -0.15) is 5.48 Å². The van der Waals surface area contributed by atoms with Crippen molar-refractivity contribution in [1.82, 2.24) is 20.8 Å². The van der Waals surface area contributed by atoms with Gasteiger partial charge < -0.3 is 25.5 Å². The van der Waals surface area contributed by atoms with Crippen molar-refractivity contribution < 1.29 is 19.1 Å². The minimum atomic E-state index is -0.530. The average Bonchev–Trinajstić information content (AvgIpc) is 3.49. The van der Waals surface area contributed by atoms with Crippen molar-refractivity contribution in [2.75, 3.05) is 20.7 Å². The lowest BCUT2D eigenvalue weighted by Gasteiger charge is -2.45. The highest BCUT2D eigenvalue weighted by Crippen LogP contribution is 2.40. The second kappa shape index (κ2) is 10.6. The van der Waals surface area contributed by atoms with Gasteiger partial charge in [-0.15, -0.1) is 11.3 Å². The van der Waals surface area contributed by atoms with Crippen LogP contribution in [0.25, 0.3) is 5.70 Å². The molecule has 10 nitrogen and oxygen atoms in total. The molecule has 0 aliphatic carbocycles. The first-order valence-corrected chi connectivity index (χ1v) is 12.2. The molecule has 5 atom stereocenters. The maximum atomic E-state index is 12.4. The summed E-state index contributed by atoms with van der Waals surface area (Å²) >= 11 is 8.99. The highest BCUT2D eigenvalue weighted by molar-refractivity contribution is 8.00. The van der Waals surface area contributed by atoms with Crippen LogP contribution in [0.5, 0.6) is 0 Å². The zero-order valence-electron chi connectivity index (χ0n) is 17.9. The highest BCUT2D eigenvalue weighted by Gasteiger charge is 2.51. The number of thiazole rings is 1. The lowest BCUT2D eigenvalue weighted by atomic mass is 9.97. The number of fused-ring (bicyclic) bond motifs is 1. The molecule has 0 saturated carbocycles. The Morgan fingerprint density at radius 2 is 2.33 bits per heavy atom. The summed E-state index contributed by atoms with van der Waals surface area (Å²) in [5.74, 6) is 6.25. The number of halogens is 1. The van der Waals surface area contributed by atoms with Crippen molar-refractivity contribution >= 4 is 46.3 Å².